The molecule has 2 saturated heterocycles. The summed E-state index contributed by atoms with van der Waals surface area (Å²) in [6.07, 6.45) is 6.13. The first kappa shape index (κ1) is 23.2. The molecular formula is C21H32IN7S. The third kappa shape index (κ3) is 5.42. The van der Waals surface area contributed by atoms with Crippen LogP contribution in [-0.4, -0.2) is 79.1 Å². The van der Waals surface area contributed by atoms with Crippen LogP contribution in [0.5, 0.6) is 0 Å². The quantitative estimate of drug-likeness (QED) is 0.365. The van der Waals surface area contributed by atoms with Gasteiger partial charge in [0.2, 0.25) is 5.95 Å². The minimum atomic E-state index is 0. The van der Waals surface area contributed by atoms with Crippen LogP contribution >= 0.6 is 35.3 Å². The number of piperidine rings is 1. The first-order chi connectivity index (χ1) is 14.3. The second-order valence-electron chi connectivity index (χ2n) is 7.79. The van der Waals surface area contributed by atoms with E-state index in [1.165, 1.54) is 24.3 Å². The Morgan fingerprint density at radius 3 is 2.60 bits per heavy atom. The van der Waals surface area contributed by atoms with Gasteiger partial charge in [-0.2, -0.15) is 0 Å². The van der Waals surface area contributed by atoms with Crippen LogP contribution in [0.3, 0.4) is 0 Å². The van der Waals surface area contributed by atoms with E-state index < -0.39 is 0 Å². The summed E-state index contributed by atoms with van der Waals surface area (Å²) >= 11 is 1.88. The predicted molar refractivity (Wildman–Crippen MR) is 135 cm³/mol. The maximum Gasteiger partial charge on any atom is 0.225 e. The number of likely N-dealkylation sites (tertiary alicyclic amines) is 1. The number of aliphatic imine (C=N–C) groups is 1. The highest BCUT2D eigenvalue weighted by molar-refractivity contribution is 14.0. The van der Waals surface area contributed by atoms with Crippen LogP contribution in [-0.2, 0) is 0 Å². The Morgan fingerprint density at radius 2 is 1.93 bits per heavy atom. The van der Waals surface area contributed by atoms with E-state index in [-0.39, 0.29) is 24.0 Å². The minimum Gasteiger partial charge on any atom is -0.356 e. The summed E-state index contributed by atoms with van der Waals surface area (Å²) in [5.74, 6) is 2.43. The molecule has 4 rings (SSSR count). The van der Waals surface area contributed by atoms with Gasteiger partial charge in [-0.3, -0.25) is 9.89 Å². The summed E-state index contributed by atoms with van der Waals surface area (Å²) in [4.78, 5) is 21.9. The fourth-order valence-corrected chi connectivity index (χ4v) is 5.49. The van der Waals surface area contributed by atoms with E-state index >= 15 is 0 Å². The first-order valence-electron chi connectivity index (χ1n) is 10.5. The van der Waals surface area contributed by atoms with Gasteiger partial charge in [0.05, 0.1) is 0 Å². The standard InChI is InChI=1S/C21H31N7S.HI/c1-22-20(27-11-13-28(14-12-27)21-23-8-5-9-24-21)25-16-17-6-3-10-26(2)19(17)18-7-4-15-29-18;/h4-5,7-9,15,17,19H,3,6,10-14,16H2,1-2H3,(H,22,25);1H. The van der Waals surface area contributed by atoms with Crippen molar-refractivity contribution in [2.45, 2.75) is 18.9 Å². The second-order valence-corrected chi connectivity index (χ2v) is 8.77. The molecule has 0 bridgehead atoms. The Balaban J connectivity index is 0.00000256. The van der Waals surface area contributed by atoms with E-state index in [0.717, 1.165) is 44.6 Å². The van der Waals surface area contributed by atoms with Gasteiger partial charge < -0.3 is 15.1 Å². The molecule has 4 heterocycles. The molecule has 2 aliphatic rings. The highest BCUT2D eigenvalue weighted by Crippen LogP contribution is 2.36. The van der Waals surface area contributed by atoms with Crippen molar-refractivity contribution < 1.29 is 0 Å². The molecule has 0 aromatic carbocycles. The van der Waals surface area contributed by atoms with Crippen molar-refractivity contribution >= 4 is 47.2 Å². The number of nitrogens with one attached hydrogen (secondary N) is 1. The summed E-state index contributed by atoms with van der Waals surface area (Å²) in [5.41, 5.74) is 0. The number of hydrogen-bond donors (Lipinski definition) is 1. The van der Waals surface area contributed by atoms with Crippen molar-refractivity contribution in [3.05, 3.63) is 40.8 Å². The molecule has 2 aromatic rings. The highest BCUT2D eigenvalue weighted by atomic mass is 127. The number of hydrogen-bond acceptors (Lipinski definition) is 6. The van der Waals surface area contributed by atoms with Crippen molar-refractivity contribution in [1.29, 1.82) is 0 Å². The maximum absolute atomic E-state index is 4.57. The second kappa shape index (κ2) is 11.2. The van der Waals surface area contributed by atoms with Gasteiger partial charge in [-0.05, 0) is 49.9 Å². The smallest absolute Gasteiger partial charge is 0.225 e. The Hall–Kier alpha value is -1.46. The van der Waals surface area contributed by atoms with Crippen molar-refractivity contribution in [1.82, 2.24) is 25.1 Å². The lowest BCUT2D eigenvalue weighted by Gasteiger charge is -2.40. The number of thiophene rings is 1. The van der Waals surface area contributed by atoms with Crippen molar-refractivity contribution in [2.75, 3.05) is 58.3 Å². The molecule has 2 atom stereocenters. The number of halogens is 1. The fraction of sp³-hybridized carbons (Fsp3) is 0.571. The molecule has 7 nitrogen and oxygen atoms in total. The number of piperazine rings is 1. The highest BCUT2D eigenvalue weighted by Gasteiger charge is 2.31. The van der Waals surface area contributed by atoms with Gasteiger partial charge in [0.1, 0.15) is 0 Å². The van der Waals surface area contributed by atoms with E-state index in [4.69, 9.17) is 0 Å². The van der Waals surface area contributed by atoms with Gasteiger partial charge >= 0.3 is 0 Å². The van der Waals surface area contributed by atoms with E-state index in [1.54, 1.807) is 12.4 Å². The third-order valence-corrected chi connectivity index (χ3v) is 6.93. The lowest BCUT2D eigenvalue weighted by molar-refractivity contribution is 0.124. The van der Waals surface area contributed by atoms with Crippen LogP contribution in [0.2, 0.25) is 0 Å². The SMILES string of the molecule is CN=C(NCC1CCCN(C)C1c1cccs1)N1CCN(c2ncccn2)CC1.I. The van der Waals surface area contributed by atoms with Crippen LogP contribution in [0.15, 0.2) is 41.0 Å². The number of aromatic nitrogens is 2. The monoisotopic (exact) mass is 541 g/mol. The molecule has 164 valence electrons. The normalized spacial score (nSPS) is 23.2. The molecule has 0 aliphatic carbocycles. The first-order valence-corrected chi connectivity index (χ1v) is 11.4. The number of anilines is 1. The lowest BCUT2D eigenvalue weighted by Crippen LogP contribution is -2.54. The molecule has 2 fully saturated rings. The van der Waals surface area contributed by atoms with E-state index in [1.807, 2.05) is 24.5 Å². The van der Waals surface area contributed by atoms with Gasteiger partial charge in [0, 0.05) is 63.1 Å². The summed E-state index contributed by atoms with van der Waals surface area (Å²) in [6.45, 7) is 5.82. The summed E-state index contributed by atoms with van der Waals surface area (Å²) in [6, 6.07) is 6.81. The summed E-state index contributed by atoms with van der Waals surface area (Å²) < 4.78 is 0. The van der Waals surface area contributed by atoms with Crippen LogP contribution in [0, 0.1) is 5.92 Å². The molecule has 0 radical (unpaired) electrons. The molecule has 9 heteroatoms. The zero-order valence-electron chi connectivity index (χ0n) is 17.8. The number of guanidine groups is 1. The minimum absolute atomic E-state index is 0. The zero-order chi connectivity index (χ0) is 20.1. The van der Waals surface area contributed by atoms with Crippen LogP contribution in [0.25, 0.3) is 0 Å². The Labute approximate surface area is 200 Å². The van der Waals surface area contributed by atoms with Gasteiger partial charge in [0.15, 0.2) is 5.96 Å². The molecule has 30 heavy (non-hydrogen) atoms. The molecule has 0 spiro atoms. The van der Waals surface area contributed by atoms with Crippen molar-refractivity contribution in [2.24, 2.45) is 10.9 Å². The van der Waals surface area contributed by atoms with Gasteiger partial charge in [0.25, 0.3) is 0 Å². The van der Waals surface area contributed by atoms with Crippen LogP contribution in [0.1, 0.15) is 23.8 Å². The average Bonchev–Trinajstić information content (AvgIpc) is 3.30. The van der Waals surface area contributed by atoms with Crippen LogP contribution in [0.4, 0.5) is 5.95 Å². The Kier molecular flexibility index (Phi) is 8.70. The van der Waals surface area contributed by atoms with Gasteiger partial charge in [-0.15, -0.1) is 35.3 Å². The molecule has 2 aliphatic heterocycles. The maximum atomic E-state index is 4.57. The molecule has 0 amide bonds. The summed E-state index contributed by atoms with van der Waals surface area (Å²) in [7, 11) is 4.15. The lowest BCUT2D eigenvalue weighted by atomic mass is 9.88. The molecule has 2 unspecified atom stereocenters. The van der Waals surface area contributed by atoms with Crippen molar-refractivity contribution in [3.63, 3.8) is 0 Å². The number of nitrogens with zero attached hydrogens (tertiary/aromatic N) is 6. The van der Waals surface area contributed by atoms with E-state index in [0.29, 0.717) is 12.0 Å². The molecule has 1 N–H and O–H groups in total. The van der Waals surface area contributed by atoms with Gasteiger partial charge in [-0.25, -0.2) is 9.97 Å². The largest absolute Gasteiger partial charge is 0.356 e. The molecule has 0 saturated carbocycles. The number of rotatable bonds is 4. The van der Waals surface area contributed by atoms with E-state index in [9.17, 15) is 0 Å². The fourth-order valence-electron chi connectivity index (χ4n) is 4.51. The third-order valence-electron chi connectivity index (χ3n) is 5.99. The average molecular weight is 542 g/mol. The zero-order valence-corrected chi connectivity index (χ0v) is 20.9. The molecule has 2 aromatic heterocycles. The van der Waals surface area contributed by atoms with Crippen molar-refractivity contribution in [3.8, 4) is 0 Å². The summed E-state index contributed by atoms with van der Waals surface area (Å²) in [5, 5.41) is 5.87. The van der Waals surface area contributed by atoms with E-state index in [2.05, 4.69) is 59.5 Å². The predicted octanol–water partition coefficient (Wildman–Crippen LogP) is 2.94. The topological polar surface area (TPSA) is 59.9 Å². The van der Waals surface area contributed by atoms with Crippen LogP contribution < -0.4 is 10.2 Å². The van der Waals surface area contributed by atoms with Gasteiger partial charge in [-0.1, -0.05) is 6.07 Å². The Bertz CT molecular complexity index is 778. The Morgan fingerprint density at radius 1 is 1.17 bits per heavy atom. The molecular weight excluding hydrogens is 509 g/mol.